The molecule has 5 nitrogen and oxygen atoms in total. The first-order chi connectivity index (χ1) is 13.4. The van der Waals surface area contributed by atoms with E-state index >= 15 is 0 Å². The molecule has 3 aliphatic rings. The minimum Gasteiger partial charge on any atom is -0.354 e. The fraction of sp³-hybridized carbons (Fsp3) is 0.450. The molecule has 8 heteroatoms. The van der Waals surface area contributed by atoms with E-state index in [0.717, 1.165) is 24.6 Å². The molecule has 1 aromatic carbocycles. The summed E-state index contributed by atoms with van der Waals surface area (Å²) >= 11 is 12.9. The Morgan fingerprint density at radius 2 is 2.07 bits per heavy atom. The minimum absolute atomic E-state index is 0.0580. The van der Waals surface area contributed by atoms with Gasteiger partial charge in [0.05, 0.1) is 4.91 Å². The molecule has 2 aliphatic carbocycles. The highest BCUT2D eigenvalue weighted by molar-refractivity contribution is 8.18. The zero-order valence-electron chi connectivity index (χ0n) is 15.1. The highest BCUT2D eigenvalue weighted by Gasteiger charge is 2.43. The van der Waals surface area contributed by atoms with E-state index in [4.69, 9.17) is 23.2 Å². The average Bonchev–Trinajstić information content (AvgIpc) is 3.35. The number of carbonyl (C=O) groups excluding carboxylic acids is 3. The summed E-state index contributed by atoms with van der Waals surface area (Å²) in [6.45, 7) is 0.447. The van der Waals surface area contributed by atoms with Gasteiger partial charge in [-0.2, -0.15) is 0 Å². The number of hydrogen-bond donors (Lipinski definition) is 1. The van der Waals surface area contributed by atoms with Crippen LogP contribution in [0.5, 0.6) is 0 Å². The third kappa shape index (κ3) is 3.95. The van der Waals surface area contributed by atoms with Crippen LogP contribution in [-0.2, 0) is 9.59 Å². The molecule has 0 aromatic heterocycles. The number of hydrogen-bond acceptors (Lipinski definition) is 4. The number of nitrogens with zero attached hydrogens (tertiary/aromatic N) is 1. The Kier molecular flexibility index (Phi) is 5.72. The van der Waals surface area contributed by atoms with Crippen molar-refractivity contribution in [1.29, 1.82) is 0 Å². The molecule has 0 radical (unpaired) electrons. The lowest BCUT2D eigenvalue weighted by Gasteiger charge is -2.21. The number of imide groups is 1. The lowest BCUT2D eigenvalue weighted by Crippen LogP contribution is -2.40. The van der Waals surface area contributed by atoms with Gasteiger partial charge in [-0.05, 0) is 66.6 Å². The van der Waals surface area contributed by atoms with Crippen molar-refractivity contribution < 1.29 is 14.4 Å². The van der Waals surface area contributed by atoms with E-state index in [0.29, 0.717) is 32.3 Å². The Hall–Kier alpha value is -1.50. The third-order valence-corrected chi connectivity index (χ3v) is 7.30. The molecule has 28 heavy (non-hydrogen) atoms. The highest BCUT2D eigenvalue weighted by atomic mass is 35.5. The van der Waals surface area contributed by atoms with Crippen molar-refractivity contribution in [2.24, 2.45) is 17.8 Å². The normalized spacial score (nSPS) is 27.9. The summed E-state index contributed by atoms with van der Waals surface area (Å²) in [6.07, 6.45) is 6.12. The highest BCUT2D eigenvalue weighted by Crippen LogP contribution is 2.48. The minimum atomic E-state index is -0.366. The van der Waals surface area contributed by atoms with Gasteiger partial charge in [-0.15, -0.1) is 0 Å². The van der Waals surface area contributed by atoms with Crippen LogP contribution in [0.3, 0.4) is 0 Å². The van der Waals surface area contributed by atoms with Crippen molar-refractivity contribution >= 4 is 58.1 Å². The maximum absolute atomic E-state index is 12.6. The maximum atomic E-state index is 12.6. The van der Waals surface area contributed by atoms with Crippen LogP contribution in [0.25, 0.3) is 6.08 Å². The largest absolute Gasteiger partial charge is 0.354 e. The van der Waals surface area contributed by atoms with Gasteiger partial charge < -0.3 is 5.32 Å². The van der Waals surface area contributed by atoms with E-state index in [9.17, 15) is 14.4 Å². The number of nitrogens with one attached hydrogen (secondary N) is 1. The average molecular weight is 439 g/mol. The van der Waals surface area contributed by atoms with E-state index in [1.165, 1.54) is 17.7 Å². The second-order valence-corrected chi connectivity index (χ2v) is 9.41. The summed E-state index contributed by atoms with van der Waals surface area (Å²) < 4.78 is 0. The van der Waals surface area contributed by atoms with E-state index in [2.05, 4.69) is 5.32 Å². The molecular weight excluding hydrogens is 419 g/mol. The molecular formula is C20H20Cl2N2O3S. The molecule has 148 valence electrons. The zero-order valence-corrected chi connectivity index (χ0v) is 17.4. The molecule has 0 spiro atoms. The second kappa shape index (κ2) is 8.09. The van der Waals surface area contributed by atoms with Gasteiger partial charge in [0.15, 0.2) is 0 Å². The van der Waals surface area contributed by atoms with Crippen LogP contribution >= 0.6 is 35.0 Å². The number of thioether (sulfide) groups is 1. The predicted octanol–water partition coefficient (Wildman–Crippen LogP) is 4.58. The molecule has 3 amide bonds. The SMILES string of the molecule is O=C(NCCN1C(=O)S/C(=C\c2ccc(Cl)cc2Cl)C1=O)C1CC2CCC1C2. The molecule has 1 saturated heterocycles. The summed E-state index contributed by atoms with van der Waals surface area (Å²) in [4.78, 5) is 38.7. The summed E-state index contributed by atoms with van der Waals surface area (Å²) in [5.41, 5.74) is 0.626. The molecule has 4 rings (SSSR count). The van der Waals surface area contributed by atoms with Crippen molar-refractivity contribution in [2.45, 2.75) is 25.7 Å². The van der Waals surface area contributed by atoms with Crippen molar-refractivity contribution in [3.8, 4) is 0 Å². The van der Waals surface area contributed by atoms with E-state index in [1.807, 2.05) is 0 Å². The van der Waals surface area contributed by atoms with E-state index in [-0.39, 0.29) is 36.1 Å². The van der Waals surface area contributed by atoms with E-state index < -0.39 is 0 Å². The molecule has 3 unspecified atom stereocenters. The van der Waals surface area contributed by atoms with Gasteiger partial charge in [-0.25, -0.2) is 0 Å². The summed E-state index contributed by atoms with van der Waals surface area (Å²) in [5, 5.41) is 3.49. The maximum Gasteiger partial charge on any atom is 0.293 e. The topological polar surface area (TPSA) is 66.5 Å². The van der Waals surface area contributed by atoms with Crippen molar-refractivity contribution in [2.75, 3.05) is 13.1 Å². The van der Waals surface area contributed by atoms with Crippen LogP contribution in [0.2, 0.25) is 10.0 Å². The standard InChI is InChI=1S/C20H20Cl2N2O3S/c21-14-4-3-13(16(22)10-14)9-17-19(26)24(20(27)28-17)6-5-23-18(25)15-8-11-1-2-12(15)7-11/h3-4,9-12,15H,1-2,5-8H2,(H,23,25)/b17-9-. The smallest absolute Gasteiger partial charge is 0.293 e. The first-order valence-electron chi connectivity index (χ1n) is 9.40. The van der Waals surface area contributed by atoms with Gasteiger partial charge in [0.25, 0.3) is 11.1 Å². The number of fused-ring (bicyclic) bond motifs is 2. The summed E-state index contributed by atoms with van der Waals surface area (Å²) in [5.74, 6) is 0.999. The van der Waals surface area contributed by atoms with Crippen LogP contribution in [0.4, 0.5) is 4.79 Å². The Labute approximate surface area is 177 Å². The van der Waals surface area contributed by atoms with Crippen molar-refractivity contribution in [1.82, 2.24) is 10.2 Å². The van der Waals surface area contributed by atoms with Crippen LogP contribution in [0.1, 0.15) is 31.2 Å². The van der Waals surface area contributed by atoms with Gasteiger partial charge in [-0.1, -0.05) is 35.7 Å². The van der Waals surface area contributed by atoms with Crippen LogP contribution in [0, 0.1) is 17.8 Å². The Balaban J connectivity index is 1.34. The predicted molar refractivity (Wildman–Crippen MR) is 111 cm³/mol. The molecule has 3 atom stereocenters. The summed E-state index contributed by atoms with van der Waals surface area (Å²) in [7, 11) is 0. The molecule has 2 saturated carbocycles. The number of halogens is 2. The van der Waals surface area contributed by atoms with Gasteiger partial charge in [0.2, 0.25) is 5.91 Å². The lowest BCUT2D eigenvalue weighted by molar-refractivity contribution is -0.127. The number of amides is 3. The van der Waals surface area contributed by atoms with Crippen molar-refractivity contribution in [3.63, 3.8) is 0 Å². The first kappa shape index (κ1) is 19.8. The monoisotopic (exact) mass is 438 g/mol. The van der Waals surface area contributed by atoms with Gasteiger partial charge >= 0.3 is 0 Å². The molecule has 1 heterocycles. The van der Waals surface area contributed by atoms with Gasteiger partial charge in [-0.3, -0.25) is 19.3 Å². The summed E-state index contributed by atoms with van der Waals surface area (Å²) in [6, 6.07) is 4.97. The molecule has 2 bridgehead atoms. The fourth-order valence-electron chi connectivity index (χ4n) is 4.44. The third-order valence-electron chi connectivity index (χ3n) is 5.83. The molecule has 3 fully saturated rings. The first-order valence-corrected chi connectivity index (χ1v) is 11.0. The fourth-order valence-corrected chi connectivity index (χ4v) is 5.76. The molecule has 1 aliphatic heterocycles. The quantitative estimate of drug-likeness (QED) is 0.682. The van der Waals surface area contributed by atoms with E-state index in [1.54, 1.807) is 24.3 Å². The Bertz CT molecular complexity index is 873. The van der Waals surface area contributed by atoms with Gasteiger partial charge in [0.1, 0.15) is 0 Å². The molecule has 1 aromatic rings. The Morgan fingerprint density at radius 1 is 1.25 bits per heavy atom. The number of carbonyl (C=O) groups is 3. The van der Waals surface area contributed by atoms with Crippen LogP contribution in [0.15, 0.2) is 23.1 Å². The van der Waals surface area contributed by atoms with Gasteiger partial charge in [0, 0.05) is 29.1 Å². The molecule has 1 N–H and O–H groups in total. The second-order valence-electron chi connectivity index (χ2n) is 7.57. The van der Waals surface area contributed by atoms with Crippen molar-refractivity contribution in [3.05, 3.63) is 38.7 Å². The van der Waals surface area contributed by atoms with Crippen LogP contribution < -0.4 is 5.32 Å². The number of benzene rings is 1. The lowest BCUT2D eigenvalue weighted by atomic mass is 9.88. The number of rotatable bonds is 5. The van der Waals surface area contributed by atoms with Crippen LogP contribution in [-0.4, -0.2) is 35.0 Å². The zero-order chi connectivity index (χ0) is 19.8. The Morgan fingerprint density at radius 3 is 2.75 bits per heavy atom.